The number of aldehydes is 1. The van der Waals surface area contributed by atoms with E-state index in [2.05, 4.69) is 36.3 Å². The largest absolute Gasteiger partial charge is 0.488 e. The number of piperidine rings is 1. The van der Waals surface area contributed by atoms with Gasteiger partial charge in [0, 0.05) is 36.7 Å². The summed E-state index contributed by atoms with van der Waals surface area (Å²) in [5.74, 6) is 2.14. The topological polar surface area (TPSA) is 51.7 Å². The smallest absolute Gasteiger partial charge is 0.185 e. The summed E-state index contributed by atoms with van der Waals surface area (Å²) in [6.07, 6.45) is 3.42. The van der Waals surface area contributed by atoms with Gasteiger partial charge in [0.05, 0.1) is 12.3 Å². The van der Waals surface area contributed by atoms with Crippen molar-refractivity contribution in [3.05, 3.63) is 64.5 Å². The zero-order valence-corrected chi connectivity index (χ0v) is 20.9. The number of aromatic nitrogens is 1. The number of nitrogens with zero attached hydrogens (tertiary/aromatic N) is 2. The molecule has 1 saturated carbocycles. The van der Waals surface area contributed by atoms with Gasteiger partial charge in [0.25, 0.3) is 0 Å². The van der Waals surface area contributed by atoms with E-state index in [1.54, 1.807) is 11.3 Å². The molecule has 0 N–H and O–H groups in total. The monoisotopic (exact) mass is 476 g/mol. The van der Waals surface area contributed by atoms with Gasteiger partial charge in [-0.25, -0.2) is 4.98 Å². The quantitative estimate of drug-likeness (QED) is 0.373. The molecule has 0 amide bonds. The molecule has 2 unspecified atom stereocenters. The Kier molecular flexibility index (Phi) is 6.45. The first kappa shape index (κ1) is 23.1. The molecule has 1 aromatic heterocycles. The van der Waals surface area contributed by atoms with Crippen molar-refractivity contribution in [2.75, 3.05) is 31.7 Å². The number of fused-ring (bicyclic) bond motifs is 2. The number of carbonyl (C=O) groups is 1. The summed E-state index contributed by atoms with van der Waals surface area (Å²) in [6, 6.07) is 13.7. The zero-order valence-electron chi connectivity index (χ0n) is 20.1. The lowest BCUT2D eigenvalue weighted by molar-refractivity contribution is 0.0213. The van der Waals surface area contributed by atoms with Crippen LogP contribution in [-0.2, 0) is 11.3 Å². The molecular formula is C28H32N2O3S. The highest BCUT2D eigenvalue weighted by Crippen LogP contribution is 2.52. The summed E-state index contributed by atoms with van der Waals surface area (Å²) in [5, 5.41) is 3.25. The Hall–Kier alpha value is -2.70. The van der Waals surface area contributed by atoms with Crippen LogP contribution in [-0.4, -0.2) is 38.1 Å². The van der Waals surface area contributed by atoms with E-state index in [9.17, 15) is 4.79 Å². The summed E-state index contributed by atoms with van der Waals surface area (Å²) >= 11 is 1.72. The molecule has 5 nitrogen and oxygen atoms in total. The molecule has 6 heteroatoms. The highest BCUT2D eigenvalue weighted by molar-refractivity contribution is 7.14. The van der Waals surface area contributed by atoms with Crippen molar-refractivity contribution in [3.8, 4) is 17.0 Å². The molecule has 2 aromatic carbocycles. The number of aryl methyl sites for hydroxylation is 1. The van der Waals surface area contributed by atoms with E-state index in [4.69, 9.17) is 14.5 Å². The molecular weight excluding hydrogens is 444 g/mol. The predicted octanol–water partition coefficient (Wildman–Crippen LogP) is 6.01. The third kappa shape index (κ3) is 4.37. The molecule has 2 atom stereocenters. The van der Waals surface area contributed by atoms with Gasteiger partial charge in [-0.15, -0.1) is 11.3 Å². The van der Waals surface area contributed by atoms with Crippen molar-refractivity contribution in [3.63, 3.8) is 0 Å². The number of benzene rings is 2. The van der Waals surface area contributed by atoms with E-state index < -0.39 is 0 Å². The molecule has 3 aromatic rings. The lowest BCUT2D eigenvalue weighted by Gasteiger charge is -2.45. The Morgan fingerprint density at radius 1 is 1.15 bits per heavy atom. The predicted molar refractivity (Wildman–Crippen MR) is 137 cm³/mol. The van der Waals surface area contributed by atoms with E-state index in [1.165, 1.54) is 18.4 Å². The number of ether oxygens (including phenoxy) is 2. The Balaban J connectivity index is 1.34. The number of rotatable bonds is 8. The molecule has 0 radical (unpaired) electrons. The first-order chi connectivity index (χ1) is 16.5. The number of anilines is 1. The van der Waals surface area contributed by atoms with Crippen LogP contribution in [0.25, 0.3) is 11.3 Å². The normalized spacial score (nSPS) is 23.8. The van der Waals surface area contributed by atoms with Crippen LogP contribution in [0.5, 0.6) is 5.75 Å². The molecule has 5 rings (SSSR count). The van der Waals surface area contributed by atoms with Crippen molar-refractivity contribution in [2.24, 2.45) is 17.3 Å². The third-order valence-corrected chi connectivity index (χ3v) is 8.65. The Morgan fingerprint density at radius 3 is 2.56 bits per heavy atom. The second-order valence-corrected chi connectivity index (χ2v) is 10.8. The van der Waals surface area contributed by atoms with Gasteiger partial charge < -0.3 is 14.4 Å². The van der Waals surface area contributed by atoms with Crippen LogP contribution >= 0.6 is 11.3 Å². The molecule has 2 aliphatic rings. The number of hydrogen-bond acceptors (Lipinski definition) is 6. The van der Waals surface area contributed by atoms with Crippen molar-refractivity contribution in [2.45, 2.75) is 33.3 Å². The van der Waals surface area contributed by atoms with Gasteiger partial charge in [0.15, 0.2) is 5.13 Å². The van der Waals surface area contributed by atoms with Crippen LogP contribution < -0.4 is 9.64 Å². The van der Waals surface area contributed by atoms with E-state index in [-0.39, 0.29) is 5.41 Å². The fourth-order valence-corrected chi connectivity index (χ4v) is 6.51. The third-order valence-electron chi connectivity index (χ3n) is 7.75. The fourth-order valence-electron chi connectivity index (χ4n) is 5.66. The van der Waals surface area contributed by atoms with Crippen molar-refractivity contribution >= 4 is 22.8 Å². The van der Waals surface area contributed by atoms with E-state index >= 15 is 0 Å². The SMILES string of the molecule is COCC1(C)C2CCC1CN(c1nc(-c3cc(C)ccc3OCc3ccc(C=O)cc3)cs1)C2. The summed E-state index contributed by atoms with van der Waals surface area (Å²) in [6.45, 7) is 7.90. The van der Waals surface area contributed by atoms with Gasteiger partial charge in [0.2, 0.25) is 0 Å². The van der Waals surface area contributed by atoms with Crippen molar-refractivity contribution in [1.82, 2.24) is 4.98 Å². The minimum Gasteiger partial charge on any atom is -0.488 e. The van der Waals surface area contributed by atoms with E-state index in [1.807, 2.05) is 37.4 Å². The van der Waals surface area contributed by atoms with E-state index in [0.29, 0.717) is 24.0 Å². The van der Waals surface area contributed by atoms with Crippen LogP contribution in [0, 0.1) is 24.2 Å². The maximum Gasteiger partial charge on any atom is 0.185 e. The molecule has 1 aliphatic carbocycles. The Labute approximate surface area is 205 Å². The highest BCUT2D eigenvalue weighted by atomic mass is 32.1. The Morgan fingerprint density at radius 2 is 1.88 bits per heavy atom. The summed E-state index contributed by atoms with van der Waals surface area (Å²) in [5.41, 5.74) is 5.15. The molecule has 2 fully saturated rings. The second-order valence-electron chi connectivity index (χ2n) is 9.98. The minimum atomic E-state index is 0.285. The van der Waals surface area contributed by atoms with Gasteiger partial charge in [0.1, 0.15) is 18.6 Å². The van der Waals surface area contributed by atoms with Crippen LogP contribution in [0.2, 0.25) is 0 Å². The Bertz CT molecular complexity index is 1140. The summed E-state index contributed by atoms with van der Waals surface area (Å²) < 4.78 is 11.8. The van der Waals surface area contributed by atoms with Gasteiger partial charge in [-0.2, -0.15) is 0 Å². The van der Waals surface area contributed by atoms with Crippen LogP contribution in [0.1, 0.15) is 41.3 Å². The van der Waals surface area contributed by atoms with Crippen LogP contribution in [0.15, 0.2) is 47.8 Å². The van der Waals surface area contributed by atoms with Gasteiger partial charge >= 0.3 is 0 Å². The first-order valence-electron chi connectivity index (χ1n) is 12.0. The number of methoxy groups -OCH3 is 1. The maximum absolute atomic E-state index is 10.9. The lowest BCUT2D eigenvalue weighted by Crippen LogP contribution is -2.49. The van der Waals surface area contributed by atoms with Gasteiger partial charge in [-0.1, -0.05) is 42.8 Å². The first-order valence-corrected chi connectivity index (χ1v) is 12.9. The average molecular weight is 477 g/mol. The molecule has 1 saturated heterocycles. The average Bonchev–Trinajstić information content (AvgIpc) is 3.36. The molecule has 1 aliphatic heterocycles. The minimum absolute atomic E-state index is 0.285. The van der Waals surface area contributed by atoms with Gasteiger partial charge in [-0.05, 0) is 54.7 Å². The van der Waals surface area contributed by atoms with Crippen molar-refractivity contribution in [1.29, 1.82) is 0 Å². The summed E-state index contributed by atoms with van der Waals surface area (Å²) in [4.78, 5) is 18.5. The van der Waals surface area contributed by atoms with Gasteiger partial charge in [-0.3, -0.25) is 4.79 Å². The number of carbonyl (C=O) groups excluding carboxylic acids is 1. The van der Waals surface area contributed by atoms with Crippen LogP contribution in [0.3, 0.4) is 0 Å². The van der Waals surface area contributed by atoms with E-state index in [0.717, 1.165) is 53.7 Å². The molecule has 2 bridgehead atoms. The molecule has 178 valence electrons. The fraction of sp³-hybridized carbons (Fsp3) is 0.429. The zero-order chi connectivity index (χ0) is 23.7. The van der Waals surface area contributed by atoms with Crippen molar-refractivity contribution < 1.29 is 14.3 Å². The maximum atomic E-state index is 10.9. The standard InChI is InChI=1S/C28H32N2O3S/c1-19-4-11-26(33-16-21-7-5-20(15-31)6-8-21)24(12-19)25-17-34-27(29-25)30-13-22-9-10-23(14-30)28(22,2)18-32-3/h4-8,11-12,15,17,22-23H,9-10,13-14,16,18H2,1-3H3. The second kappa shape index (κ2) is 9.51. The molecule has 2 heterocycles. The number of thiazole rings is 1. The number of hydrogen-bond donors (Lipinski definition) is 0. The van der Waals surface area contributed by atoms with Crippen LogP contribution in [0.4, 0.5) is 5.13 Å². The summed E-state index contributed by atoms with van der Waals surface area (Å²) in [7, 11) is 1.83. The molecule has 0 spiro atoms. The lowest BCUT2D eigenvalue weighted by atomic mass is 9.71. The molecule has 34 heavy (non-hydrogen) atoms. The highest BCUT2D eigenvalue weighted by Gasteiger charge is 2.51.